The highest BCUT2D eigenvalue weighted by Crippen LogP contribution is 2.25. The summed E-state index contributed by atoms with van der Waals surface area (Å²) in [4.78, 5) is 11.7. The van der Waals surface area contributed by atoms with Crippen LogP contribution in [0.5, 0.6) is 0 Å². The fourth-order valence-electron chi connectivity index (χ4n) is 3.06. The van der Waals surface area contributed by atoms with E-state index in [9.17, 15) is 10.1 Å². The number of hydrogen-bond acceptors (Lipinski definition) is 4. The minimum atomic E-state index is -0.482. The van der Waals surface area contributed by atoms with Crippen LogP contribution in [0.25, 0.3) is 29.1 Å². The summed E-state index contributed by atoms with van der Waals surface area (Å²) < 4.78 is 1.83. The molecule has 0 atom stereocenters. The molecule has 1 N–H and O–H groups in total. The molecular weight excluding hydrogens is 362 g/mol. The molecule has 0 radical (unpaired) electrons. The van der Waals surface area contributed by atoms with Crippen LogP contribution in [0.2, 0.25) is 0 Å². The van der Waals surface area contributed by atoms with Crippen LogP contribution in [0.4, 0.5) is 0 Å². The SMILES string of the molecule is Cc1c(/C=C/c2cn(-c3ccccc3)nc2-c2ccccc2)n[nH]c(=O)c1C#N. The van der Waals surface area contributed by atoms with Gasteiger partial charge in [0.25, 0.3) is 5.56 Å². The van der Waals surface area contributed by atoms with Gasteiger partial charge in [-0.2, -0.15) is 15.5 Å². The van der Waals surface area contributed by atoms with E-state index in [1.165, 1.54) is 0 Å². The summed E-state index contributed by atoms with van der Waals surface area (Å²) in [6.07, 6.45) is 5.62. The molecule has 6 nitrogen and oxygen atoms in total. The third kappa shape index (κ3) is 3.62. The number of hydrogen-bond donors (Lipinski definition) is 1. The number of benzene rings is 2. The van der Waals surface area contributed by atoms with Gasteiger partial charge in [-0.3, -0.25) is 4.79 Å². The number of aromatic amines is 1. The number of rotatable bonds is 4. The maximum atomic E-state index is 11.7. The van der Waals surface area contributed by atoms with Gasteiger partial charge < -0.3 is 0 Å². The number of nitrogens with one attached hydrogen (secondary N) is 1. The van der Waals surface area contributed by atoms with Gasteiger partial charge in [0.05, 0.1) is 17.1 Å². The zero-order valence-electron chi connectivity index (χ0n) is 15.7. The van der Waals surface area contributed by atoms with Gasteiger partial charge in [0.1, 0.15) is 11.6 Å². The van der Waals surface area contributed by atoms with Crippen LogP contribution >= 0.6 is 0 Å². The van der Waals surface area contributed by atoms with Crippen molar-refractivity contribution in [2.75, 3.05) is 0 Å². The van der Waals surface area contributed by atoms with E-state index in [1.54, 1.807) is 13.0 Å². The first-order valence-electron chi connectivity index (χ1n) is 9.05. The minimum Gasteiger partial charge on any atom is -0.267 e. The maximum absolute atomic E-state index is 11.7. The van der Waals surface area contributed by atoms with Gasteiger partial charge >= 0.3 is 0 Å². The Hall–Kier alpha value is -4.24. The lowest BCUT2D eigenvalue weighted by Gasteiger charge is -2.01. The van der Waals surface area contributed by atoms with Gasteiger partial charge in [-0.25, -0.2) is 9.78 Å². The summed E-state index contributed by atoms with van der Waals surface area (Å²) >= 11 is 0. The number of nitrogens with zero attached hydrogens (tertiary/aromatic N) is 4. The molecule has 29 heavy (non-hydrogen) atoms. The van der Waals surface area contributed by atoms with Crippen molar-refractivity contribution in [3.05, 3.63) is 99.6 Å². The minimum absolute atomic E-state index is 0.0721. The van der Waals surface area contributed by atoms with Crippen LogP contribution in [0.1, 0.15) is 22.4 Å². The van der Waals surface area contributed by atoms with E-state index < -0.39 is 5.56 Å². The van der Waals surface area contributed by atoms with E-state index in [2.05, 4.69) is 10.2 Å². The highest BCUT2D eigenvalue weighted by Gasteiger charge is 2.12. The van der Waals surface area contributed by atoms with Crippen LogP contribution in [0.3, 0.4) is 0 Å². The van der Waals surface area contributed by atoms with E-state index in [0.717, 1.165) is 22.5 Å². The summed E-state index contributed by atoms with van der Waals surface area (Å²) in [5.41, 5.74) is 4.34. The summed E-state index contributed by atoms with van der Waals surface area (Å²) in [5, 5.41) is 20.4. The summed E-state index contributed by atoms with van der Waals surface area (Å²) in [6.45, 7) is 1.71. The molecule has 0 spiro atoms. The van der Waals surface area contributed by atoms with Crippen LogP contribution in [-0.4, -0.2) is 20.0 Å². The predicted molar refractivity (Wildman–Crippen MR) is 112 cm³/mol. The van der Waals surface area contributed by atoms with Gasteiger partial charge in [0, 0.05) is 17.3 Å². The lowest BCUT2D eigenvalue weighted by molar-refractivity contribution is 0.884. The fourth-order valence-corrected chi connectivity index (χ4v) is 3.06. The molecule has 4 aromatic rings. The van der Waals surface area contributed by atoms with E-state index in [1.807, 2.05) is 83.7 Å². The lowest BCUT2D eigenvalue weighted by Crippen LogP contribution is -2.15. The van der Waals surface area contributed by atoms with Gasteiger partial charge in [-0.05, 0) is 36.8 Å². The predicted octanol–water partition coefficient (Wildman–Crippen LogP) is 3.97. The Morgan fingerprint density at radius 2 is 1.72 bits per heavy atom. The van der Waals surface area contributed by atoms with Crippen molar-refractivity contribution in [2.45, 2.75) is 6.92 Å². The molecule has 0 saturated carbocycles. The smallest absolute Gasteiger partial charge is 0.267 e. The number of H-pyrrole nitrogens is 1. The number of aromatic nitrogens is 4. The Morgan fingerprint density at radius 3 is 2.41 bits per heavy atom. The Morgan fingerprint density at radius 1 is 1.03 bits per heavy atom. The standard InChI is InChI=1S/C23H17N5O/c1-16-20(14-24)23(29)26-25-21(16)13-12-18-15-28(19-10-6-3-7-11-19)27-22(18)17-8-4-2-5-9-17/h2-13,15H,1H3,(H,26,29)/b13-12+. The zero-order chi connectivity index (χ0) is 20.2. The molecule has 0 aliphatic heterocycles. The average Bonchev–Trinajstić information content (AvgIpc) is 3.19. The second-order valence-corrected chi connectivity index (χ2v) is 6.46. The topological polar surface area (TPSA) is 87.4 Å². The number of nitriles is 1. The molecule has 0 fully saturated rings. The third-order valence-electron chi connectivity index (χ3n) is 4.61. The fraction of sp³-hybridized carbons (Fsp3) is 0.0435. The van der Waals surface area contributed by atoms with E-state index in [0.29, 0.717) is 11.3 Å². The molecule has 0 saturated heterocycles. The van der Waals surface area contributed by atoms with Crippen LogP contribution in [-0.2, 0) is 0 Å². The quantitative estimate of drug-likeness (QED) is 0.581. The molecule has 0 aliphatic carbocycles. The molecule has 0 aliphatic rings. The highest BCUT2D eigenvalue weighted by atomic mass is 16.1. The Kier molecular flexibility index (Phi) is 4.87. The second-order valence-electron chi connectivity index (χ2n) is 6.46. The van der Waals surface area contributed by atoms with Crippen molar-refractivity contribution in [3.8, 4) is 23.0 Å². The Bertz CT molecular complexity index is 1280. The van der Waals surface area contributed by atoms with E-state index >= 15 is 0 Å². The molecule has 0 amide bonds. The molecule has 2 heterocycles. The van der Waals surface area contributed by atoms with Crippen molar-refractivity contribution in [3.63, 3.8) is 0 Å². The molecule has 4 rings (SSSR count). The van der Waals surface area contributed by atoms with Gasteiger partial charge in [0.15, 0.2) is 0 Å². The second kappa shape index (κ2) is 7.79. The van der Waals surface area contributed by atoms with Crippen LogP contribution in [0, 0.1) is 18.3 Å². The molecule has 2 aromatic carbocycles. The normalized spacial score (nSPS) is 10.9. The monoisotopic (exact) mass is 379 g/mol. The van der Waals surface area contributed by atoms with Crippen molar-refractivity contribution in [1.82, 2.24) is 20.0 Å². The first-order chi connectivity index (χ1) is 14.2. The zero-order valence-corrected chi connectivity index (χ0v) is 15.7. The van der Waals surface area contributed by atoms with Crippen molar-refractivity contribution in [2.24, 2.45) is 0 Å². The number of para-hydroxylation sites is 1. The summed E-state index contributed by atoms with van der Waals surface area (Å²) in [5.74, 6) is 0. The van der Waals surface area contributed by atoms with Crippen molar-refractivity contribution < 1.29 is 0 Å². The maximum Gasteiger partial charge on any atom is 0.282 e. The molecule has 0 unspecified atom stereocenters. The third-order valence-corrected chi connectivity index (χ3v) is 4.61. The summed E-state index contributed by atoms with van der Waals surface area (Å²) in [6, 6.07) is 21.7. The van der Waals surface area contributed by atoms with Gasteiger partial charge in [-0.1, -0.05) is 48.5 Å². The Balaban J connectivity index is 1.81. The van der Waals surface area contributed by atoms with Crippen LogP contribution in [0.15, 0.2) is 71.7 Å². The van der Waals surface area contributed by atoms with Crippen LogP contribution < -0.4 is 5.56 Å². The molecular formula is C23H17N5O. The van der Waals surface area contributed by atoms with E-state index in [4.69, 9.17) is 5.10 Å². The van der Waals surface area contributed by atoms with Crippen molar-refractivity contribution >= 4 is 12.2 Å². The first kappa shape index (κ1) is 18.1. The van der Waals surface area contributed by atoms with Gasteiger partial charge in [0.2, 0.25) is 0 Å². The Labute approximate surface area is 167 Å². The average molecular weight is 379 g/mol. The highest BCUT2D eigenvalue weighted by molar-refractivity contribution is 5.79. The molecule has 0 bridgehead atoms. The van der Waals surface area contributed by atoms with E-state index in [-0.39, 0.29) is 5.56 Å². The van der Waals surface area contributed by atoms with Crippen molar-refractivity contribution in [1.29, 1.82) is 5.26 Å². The first-order valence-corrected chi connectivity index (χ1v) is 9.05. The largest absolute Gasteiger partial charge is 0.282 e. The van der Waals surface area contributed by atoms with Gasteiger partial charge in [-0.15, -0.1) is 0 Å². The lowest BCUT2D eigenvalue weighted by atomic mass is 10.1. The molecule has 140 valence electrons. The molecule has 2 aromatic heterocycles. The molecule has 6 heteroatoms. The summed E-state index contributed by atoms with van der Waals surface area (Å²) in [7, 11) is 0.